The summed E-state index contributed by atoms with van der Waals surface area (Å²) < 4.78 is 5.54. The first-order valence-corrected chi connectivity index (χ1v) is 10.8. The lowest BCUT2D eigenvalue weighted by atomic mass is 9.88. The summed E-state index contributed by atoms with van der Waals surface area (Å²) in [5.41, 5.74) is 8.10. The summed E-state index contributed by atoms with van der Waals surface area (Å²) in [6.07, 6.45) is 5.99. The summed E-state index contributed by atoms with van der Waals surface area (Å²) in [6, 6.07) is 12.5. The Morgan fingerprint density at radius 1 is 1.10 bits per heavy atom. The first kappa shape index (κ1) is 19.0. The van der Waals surface area contributed by atoms with Crippen molar-refractivity contribution >= 4 is 16.8 Å². The van der Waals surface area contributed by atoms with E-state index >= 15 is 0 Å². The molecular weight excluding hydrogens is 372 g/mol. The van der Waals surface area contributed by atoms with Gasteiger partial charge in [-0.2, -0.15) is 0 Å². The number of amides is 1. The molecule has 1 atom stereocenters. The molecule has 154 valence electrons. The van der Waals surface area contributed by atoms with Gasteiger partial charge in [-0.15, -0.1) is 0 Å². The maximum atomic E-state index is 13.5. The lowest BCUT2D eigenvalue weighted by Crippen LogP contribution is -2.41. The third kappa shape index (κ3) is 2.85. The van der Waals surface area contributed by atoms with Gasteiger partial charge in [-0.05, 0) is 73.9 Å². The van der Waals surface area contributed by atoms with Crippen LogP contribution in [0.5, 0.6) is 5.75 Å². The molecule has 3 aromatic rings. The van der Waals surface area contributed by atoms with Gasteiger partial charge in [-0.1, -0.05) is 30.3 Å². The van der Waals surface area contributed by atoms with E-state index in [2.05, 4.69) is 60.1 Å². The number of benzene rings is 2. The van der Waals surface area contributed by atoms with E-state index in [0.29, 0.717) is 0 Å². The zero-order chi connectivity index (χ0) is 20.8. The quantitative estimate of drug-likeness (QED) is 0.642. The molecule has 1 unspecified atom stereocenters. The predicted molar refractivity (Wildman–Crippen MR) is 120 cm³/mol. The Hall–Kier alpha value is -3.01. The van der Waals surface area contributed by atoms with Crippen molar-refractivity contribution in [3.05, 3.63) is 76.0 Å². The van der Waals surface area contributed by atoms with E-state index < -0.39 is 0 Å². The molecule has 2 aliphatic rings. The minimum atomic E-state index is -0.111. The van der Waals surface area contributed by atoms with Crippen LogP contribution < -0.4 is 4.74 Å². The predicted octanol–water partition coefficient (Wildman–Crippen LogP) is 5.38. The van der Waals surface area contributed by atoms with Crippen LogP contribution in [-0.4, -0.2) is 29.4 Å². The zero-order valence-corrected chi connectivity index (χ0v) is 17.9. The van der Waals surface area contributed by atoms with Gasteiger partial charge in [-0.25, -0.2) is 0 Å². The summed E-state index contributed by atoms with van der Waals surface area (Å²) in [4.78, 5) is 19.3. The van der Waals surface area contributed by atoms with E-state index in [-0.39, 0.29) is 11.9 Å². The van der Waals surface area contributed by atoms with Crippen LogP contribution in [0.25, 0.3) is 10.9 Å². The van der Waals surface area contributed by atoms with E-state index in [0.717, 1.165) is 60.3 Å². The number of para-hydroxylation sites is 1. The van der Waals surface area contributed by atoms with Crippen LogP contribution in [0.1, 0.15) is 53.3 Å². The number of nitrogens with one attached hydrogen (secondary N) is 1. The fourth-order valence-corrected chi connectivity index (χ4v) is 5.17. The number of carbonyl (C=O) groups is 1. The Labute approximate surface area is 177 Å². The van der Waals surface area contributed by atoms with Gasteiger partial charge >= 0.3 is 0 Å². The van der Waals surface area contributed by atoms with Crippen molar-refractivity contribution in [1.82, 2.24) is 9.88 Å². The first-order chi connectivity index (χ1) is 14.6. The van der Waals surface area contributed by atoms with Crippen molar-refractivity contribution in [2.45, 2.75) is 45.6 Å². The highest BCUT2D eigenvalue weighted by molar-refractivity contribution is 5.95. The van der Waals surface area contributed by atoms with Crippen LogP contribution in [0.4, 0.5) is 0 Å². The van der Waals surface area contributed by atoms with Gasteiger partial charge in [0.15, 0.2) is 0 Å². The molecule has 0 fully saturated rings. The highest BCUT2D eigenvalue weighted by Crippen LogP contribution is 2.42. The van der Waals surface area contributed by atoms with Crippen molar-refractivity contribution in [3.8, 4) is 5.75 Å². The van der Waals surface area contributed by atoms with Gasteiger partial charge in [0.05, 0.1) is 13.2 Å². The molecule has 1 aliphatic carbocycles. The Bertz CT molecular complexity index is 1170. The number of aromatic amines is 1. The van der Waals surface area contributed by atoms with E-state index in [9.17, 15) is 4.79 Å². The molecule has 0 spiro atoms. The number of hydrogen-bond donors (Lipinski definition) is 1. The molecule has 2 heterocycles. The number of hydrogen-bond acceptors (Lipinski definition) is 2. The topological polar surface area (TPSA) is 45.3 Å². The number of carbonyl (C=O) groups excluding carboxylic acids is 1. The Balaban J connectivity index is 1.70. The standard InChI is InChI=1S/C26H28N2O2/c1-16-17(2)23(30-3)13-12-19(16)25-24-21(20-10-6-7-11-22(20)27-24)14-15-28(25)26(29)18-8-4-5-9-18/h6-8,10-13,25,27H,4-5,9,14-15H2,1-3H3. The average molecular weight is 401 g/mol. The van der Waals surface area contributed by atoms with Gasteiger partial charge in [0, 0.05) is 28.7 Å². The monoisotopic (exact) mass is 400 g/mol. The largest absolute Gasteiger partial charge is 0.496 e. The molecule has 30 heavy (non-hydrogen) atoms. The van der Waals surface area contributed by atoms with Crippen LogP contribution in [0, 0.1) is 13.8 Å². The first-order valence-electron chi connectivity index (χ1n) is 10.8. The van der Waals surface area contributed by atoms with E-state index in [4.69, 9.17) is 4.74 Å². The van der Waals surface area contributed by atoms with E-state index in [1.54, 1.807) is 7.11 Å². The molecule has 1 aromatic heterocycles. The van der Waals surface area contributed by atoms with Crippen LogP contribution in [-0.2, 0) is 11.2 Å². The molecule has 0 bridgehead atoms. The number of allylic oxidation sites excluding steroid dienone is 1. The number of ether oxygens (including phenoxy) is 1. The molecule has 0 saturated carbocycles. The summed E-state index contributed by atoms with van der Waals surface area (Å²) >= 11 is 0. The number of rotatable bonds is 3. The van der Waals surface area contributed by atoms with E-state index in [1.165, 1.54) is 22.1 Å². The summed E-state index contributed by atoms with van der Waals surface area (Å²) in [7, 11) is 1.71. The Morgan fingerprint density at radius 3 is 2.70 bits per heavy atom. The number of methoxy groups -OCH3 is 1. The van der Waals surface area contributed by atoms with Crippen LogP contribution >= 0.6 is 0 Å². The lowest BCUT2D eigenvalue weighted by molar-refractivity contribution is -0.129. The summed E-state index contributed by atoms with van der Waals surface area (Å²) in [6.45, 7) is 4.97. The Morgan fingerprint density at radius 2 is 1.93 bits per heavy atom. The van der Waals surface area contributed by atoms with Crippen LogP contribution in [0.15, 0.2) is 48.0 Å². The molecule has 0 radical (unpaired) electrons. The molecular formula is C26H28N2O2. The number of aromatic nitrogens is 1. The maximum Gasteiger partial charge on any atom is 0.250 e. The molecule has 5 rings (SSSR count). The number of nitrogens with zero attached hydrogens (tertiary/aromatic N) is 1. The van der Waals surface area contributed by atoms with Gasteiger partial charge in [0.2, 0.25) is 5.91 Å². The van der Waals surface area contributed by atoms with Crippen molar-refractivity contribution in [1.29, 1.82) is 0 Å². The molecule has 1 N–H and O–H groups in total. The van der Waals surface area contributed by atoms with Gasteiger partial charge < -0.3 is 14.6 Å². The fourth-order valence-electron chi connectivity index (χ4n) is 5.17. The normalized spacial score (nSPS) is 18.4. The summed E-state index contributed by atoms with van der Waals surface area (Å²) in [5, 5.41) is 1.27. The van der Waals surface area contributed by atoms with Gasteiger partial charge in [0.25, 0.3) is 0 Å². The SMILES string of the molecule is COc1ccc(C2c3[nH]c4ccccc4c3CCN2C(=O)C2=CCCC2)c(C)c1C. The smallest absolute Gasteiger partial charge is 0.250 e. The second-order valence-corrected chi connectivity index (χ2v) is 8.44. The van der Waals surface area contributed by atoms with Crippen molar-refractivity contribution < 1.29 is 9.53 Å². The highest BCUT2D eigenvalue weighted by atomic mass is 16.5. The second-order valence-electron chi connectivity index (χ2n) is 8.44. The molecule has 1 aliphatic heterocycles. The molecule has 0 saturated heterocycles. The van der Waals surface area contributed by atoms with Crippen molar-refractivity contribution in [2.24, 2.45) is 0 Å². The third-order valence-electron chi connectivity index (χ3n) is 6.90. The molecule has 4 nitrogen and oxygen atoms in total. The highest BCUT2D eigenvalue weighted by Gasteiger charge is 2.36. The molecule has 1 amide bonds. The van der Waals surface area contributed by atoms with E-state index in [1.807, 2.05) is 6.07 Å². The van der Waals surface area contributed by atoms with Crippen molar-refractivity contribution in [2.75, 3.05) is 13.7 Å². The molecule has 2 aromatic carbocycles. The lowest BCUT2D eigenvalue weighted by Gasteiger charge is -2.37. The van der Waals surface area contributed by atoms with Crippen molar-refractivity contribution in [3.63, 3.8) is 0 Å². The van der Waals surface area contributed by atoms with Crippen LogP contribution in [0.3, 0.4) is 0 Å². The summed E-state index contributed by atoms with van der Waals surface area (Å²) in [5.74, 6) is 1.08. The average Bonchev–Trinajstić information content (AvgIpc) is 3.43. The third-order valence-corrected chi connectivity index (χ3v) is 6.90. The second kappa shape index (κ2) is 7.35. The Kier molecular flexibility index (Phi) is 4.65. The number of fused-ring (bicyclic) bond motifs is 3. The number of H-pyrrole nitrogens is 1. The zero-order valence-electron chi connectivity index (χ0n) is 17.9. The fraction of sp³-hybridized carbons (Fsp3) is 0.346. The van der Waals surface area contributed by atoms with Crippen LogP contribution in [0.2, 0.25) is 0 Å². The molecule has 4 heteroatoms. The van der Waals surface area contributed by atoms with Gasteiger partial charge in [0.1, 0.15) is 5.75 Å². The minimum absolute atomic E-state index is 0.111. The minimum Gasteiger partial charge on any atom is -0.496 e. The van der Waals surface area contributed by atoms with Gasteiger partial charge in [-0.3, -0.25) is 4.79 Å². The maximum absolute atomic E-state index is 13.5.